The van der Waals surface area contributed by atoms with E-state index in [4.69, 9.17) is 0 Å². The molecule has 0 bridgehead atoms. The van der Waals surface area contributed by atoms with Gasteiger partial charge in [-0.3, -0.25) is 0 Å². The summed E-state index contributed by atoms with van der Waals surface area (Å²) in [5.74, 6) is 0. The topological polar surface area (TPSA) is 13.0 Å². The fraction of sp³-hybridized carbons (Fsp3) is 0.538. The van der Waals surface area contributed by atoms with Gasteiger partial charge in [0.05, 0.1) is 0 Å². The first-order valence-corrected chi connectivity index (χ1v) is 11.5. The van der Waals surface area contributed by atoms with Crippen LogP contribution >= 0.6 is 0 Å². The van der Waals surface area contributed by atoms with Crippen LogP contribution in [0.1, 0.15) is 24.0 Å². The van der Waals surface area contributed by atoms with E-state index in [0.29, 0.717) is 0 Å². The van der Waals surface area contributed by atoms with E-state index in [-0.39, 0.29) is 0 Å². The van der Waals surface area contributed by atoms with Crippen LogP contribution in [0.3, 0.4) is 0 Å². The fourth-order valence-electron chi connectivity index (χ4n) is 4.42. The predicted molar refractivity (Wildman–Crippen MR) is 131 cm³/mol. The molecular formula is C26H40N4. The Morgan fingerprint density at radius 3 is 1.33 bits per heavy atom. The van der Waals surface area contributed by atoms with Gasteiger partial charge in [-0.05, 0) is 90.2 Å². The first-order valence-electron chi connectivity index (χ1n) is 11.5. The Bertz CT molecular complexity index is 698. The highest BCUT2D eigenvalue weighted by atomic mass is 15.3. The summed E-state index contributed by atoms with van der Waals surface area (Å²) in [6.45, 7) is 6.67. The maximum Gasteiger partial charge on any atom is 0.0399 e. The van der Waals surface area contributed by atoms with Crippen LogP contribution in [0.5, 0.6) is 0 Å². The number of aryl methyl sites for hydroxylation is 2. The van der Waals surface area contributed by atoms with Crippen molar-refractivity contribution in [1.29, 1.82) is 0 Å². The highest BCUT2D eigenvalue weighted by Crippen LogP contribution is 2.27. The lowest BCUT2D eigenvalue weighted by molar-refractivity contribution is 0.400. The molecule has 0 amide bonds. The van der Waals surface area contributed by atoms with E-state index < -0.39 is 0 Å². The Morgan fingerprint density at radius 1 is 0.600 bits per heavy atom. The minimum absolute atomic E-state index is 1.09. The molecule has 4 heteroatoms. The van der Waals surface area contributed by atoms with Gasteiger partial charge in [-0.25, -0.2) is 0 Å². The van der Waals surface area contributed by atoms with Gasteiger partial charge in [-0.15, -0.1) is 0 Å². The fourth-order valence-corrected chi connectivity index (χ4v) is 4.42. The lowest BCUT2D eigenvalue weighted by Gasteiger charge is -2.39. The molecule has 1 fully saturated rings. The highest BCUT2D eigenvalue weighted by Gasteiger charge is 2.20. The van der Waals surface area contributed by atoms with E-state index >= 15 is 0 Å². The average Bonchev–Trinajstić information content (AvgIpc) is 2.74. The Hall–Kier alpha value is -2.04. The number of piperazine rings is 1. The van der Waals surface area contributed by atoms with Crippen LogP contribution in [0.25, 0.3) is 0 Å². The number of nitrogens with zero attached hydrogens (tertiary/aromatic N) is 4. The van der Waals surface area contributed by atoms with Gasteiger partial charge in [0.15, 0.2) is 0 Å². The van der Waals surface area contributed by atoms with Crippen molar-refractivity contribution in [1.82, 2.24) is 9.80 Å². The molecule has 0 spiro atoms. The summed E-state index contributed by atoms with van der Waals surface area (Å²) in [6, 6.07) is 18.0. The van der Waals surface area contributed by atoms with Crippen molar-refractivity contribution in [2.75, 3.05) is 77.3 Å². The second-order valence-electron chi connectivity index (χ2n) is 9.05. The van der Waals surface area contributed by atoms with Crippen LogP contribution in [-0.4, -0.2) is 77.3 Å². The summed E-state index contributed by atoms with van der Waals surface area (Å²) < 4.78 is 0. The van der Waals surface area contributed by atoms with Gasteiger partial charge in [-0.2, -0.15) is 0 Å². The van der Waals surface area contributed by atoms with Gasteiger partial charge in [0.25, 0.3) is 0 Å². The summed E-state index contributed by atoms with van der Waals surface area (Å²) in [7, 11) is 8.62. The Balaban J connectivity index is 1.61. The van der Waals surface area contributed by atoms with Crippen molar-refractivity contribution in [3.63, 3.8) is 0 Å². The Kier molecular flexibility index (Phi) is 8.59. The van der Waals surface area contributed by atoms with Gasteiger partial charge < -0.3 is 19.6 Å². The third-order valence-corrected chi connectivity index (χ3v) is 6.05. The summed E-state index contributed by atoms with van der Waals surface area (Å²) in [4.78, 5) is 9.74. The minimum Gasteiger partial charge on any atom is -0.368 e. The molecule has 0 aliphatic carbocycles. The van der Waals surface area contributed by atoms with Crippen molar-refractivity contribution in [3.05, 3.63) is 59.7 Å². The van der Waals surface area contributed by atoms with Crippen LogP contribution in [0.4, 0.5) is 11.4 Å². The summed E-state index contributed by atoms with van der Waals surface area (Å²) >= 11 is 0. The minimum atomic E-state index is 1.09. The number of para-hydroxylation sites is 2. The monoisotopic (exact) mass is 408 g/mol. The quantitative estimate of drug-likeness (QED) is 0.589. The predicted octanol–water partition coefficient (Wildman–Crippen LogP) is 4.00. The van der Waals surface area contributed by atoms with E-state index in [1.165, 1.54) is 35.3 Å². The number of benzene rings is 2. The smallest absolute Gasteiger partial charge is 0.0399 e. The third-order valence-electron chi connectivity index (χ3n) is 6.05. The van der Waals surface area contributed by atoms with Gasteiger partial charge >= 0.3 is 0 Å². The molecule has 0 saturated carbocycles. The molecule has 2 aromatic carbocycles. The molecule has 0 N–H and O–H groups in total. The van der Waals surface area contributed by atoms with Crippen LogP contribution < -0.4 is 9.80 Å². The number of rotatable bonds is 10. The lowest BCUT2D eigenvalue weighted by Crippen LogP contribution is -2.47. The molecule has 0 aromatic heterocycles. The van der Waals surface area contributed by atoms with Crippen molar-refractivity contribution < 1.29 is 0 Å². The second kappa shape index (κ2) is 11.4. The van der Waals surface area contributed by atoms with Crippen LogP contribution in [0, 0.1) is 0 Å². The Labute approximate surface area is 184 Å². The number of hydrogen-bond donors (Lipinski definition) is 0. The maximum absolute atomic E-state index is 2.59. The van der Waals surface area contributed by atoms with E-state index in [1.54, 1.807) is 0 Å². The average molecular weight is 409 g/mol. The summed E-state index contributed by atoms with van der Waals surface area (Å²) in [5.41, 5.74) is 5.87. The first kappa shape index (κ1) is 22.6. The molecule has 2 aromatic rings. The van der Waals surface area contributed by atoms with Gasteiger partial charge in [-0.1, -0.05) is 36.4 Å². The zero-order chi connectivity index (χ0) is 21.3. The van der Waals surface area contributed by atoms with E-state index in [0.717, 1.165) is 52.1 Å². The third kappa shape index (κ3) is 6.48. The second-order valence-corrected chi connectivity index (χ2v) is 9.05. The van der Waals surface area contributed by atoms with Crippen molar-refractivity contribution >= 4 is 11.4 Å². The SMILES string of the molecule is CN(C)CCCc1ccccc1N1CCN(c2ccccc2CCCN(C)C)CC1. The Morgan fingerprint density at radius 2 is 0.967 bits per heavy atom. The van der Waals surface area contributed by atoms with Crippen LogP contribution in [-0.2, 0) is 12.8 Å². The standard InChI is InChI=1S/C26H40N4/c1-27(2)17-9-13-23-11-5-7-15-25(23)29-19-21-30(22-20-29)26-16-8-6-12-24(26)14-10-18-28(3)4/h5-8,11-12,15-16H,9-10,13-14,17-22H2,1-4H3. The molecule has 0 unspecified atom stereocenters. The van der Waals surface area contributed by atoms with Gasteiger partial charge in [0.2, 0.25) is 0 Å². The summed E-state index contributed by atoms with van der Waals surface area (Å²) in [5, 5.41) is 0. The molecule has 30 heavy (non-hydrogen) atoms. The maximum atomic E-state index is 2.59. The van der Waals surface area contributed by atoms with Crippen molar-refractivity contribution in [2.24, 2.45) is 0 Å². The molecule has 0 radical (unpaired) electrons. The van der Waals surface area contributed by atoms with E-state index in [9.17, 15) is 0 Å². The van der Waals surface area contributed by atoms with Crippen LogP contribution in [0.2, 0.25) is 0 Å². The first-order chi connectivity index (χ1) is 14.5. The molecule has 164 valence electrons. The van der Waals surface area contributed by atoms with Gasteiger partial charge in [0, 0.05) is 37.6 Å². The number of anilines is 2. The van der Waals surface area contributed by atoms with E-state index in [1.807, 2.05) is 0 Å². The summed E-state index contributed by atoms with van der Waals surface area (Å²) in [6.07, 6.45) is 4.74. The van der Waals surface area contributed by atoms with E-state index in [2.05, 4.69) is 96.3 Å². The molecule has 1 saturated heterocycles. The lowest BCUT2D eigenvalue weighted by atomic mass is 10.0. The largest absolute Gasteiger partial charge is 0.368 e. The zero-order valence-electron chi connectivity index (χ0n) is 19.5. The molecule has 4 nitrogen and oxygen atoms in total. The van der Waals surface area contributed by atoms with Crippen LogP contribution in [0.15, 0.2) is 48.5 Å². The highest BCUT2D eigenvalue weighted by molar-refractivity contribution is 5.58. The number of hydrogen-bond acceptors (Lipinski definition) is 4. The molecule has 1 heterocycles. The van der Waals surface area contributed by atoms with Crippen molar-refractivity contribution in [3.8, 4) is 0 Å². The molecule has 1 aliphatic heterocycles. The molecular weight excluding hydrogens is 368 g/mol. The molecule has 1 aliphatic rings. The zero-order valence-corrected chi connectivity index (χ0v) is 19.5. The molecule has 3 rings (SSSR count). The van der Waals surface area contributed by atoms with Crippen molar-refractivity contribution in [2.45, 2.75) is 25.7 Å². The molecule has 0 atom stereocenters. The van der Waals surface area contributed by atoms with Gasteiger partial charge in [0.1, 0.15) is 0 Å². The normalized spacial score (nSPS) is 14.7.